The van der Waals surface area contributed by atoms with Crippen LogP contribution in [0.2, 0.25) is 10.0 Å². The molecule has 2 heterocycles. The van der Waals surface area contributed by atoms with Gasteiger partial charge in [-0.25, -0.2) is 40.5 Å². The minimum atomic E-state index is -4.24. The zero-order chi connectivity index (χ0) is 28.8. The lowest BCUT2D eigenvalue weighted by Gasteiger charge is -2.12. The molecule has 3 aromatic carbocycles. The summed E-state index contributed by atoms with van der Waals surface area (Å²) >= 11 is 11.9. The van der Waals surface area contributed by atoms with Gasteiger partial charge in [0.05, 0.1) is 27.4 Å². The van der Waals surface area contributed by atoms with Crippen LogP contribution in [0.25, 0.3) is 33.9 Å². The van der Waals surface area contributed by atoms with Crippen molar-refractivity contribution in [1.29, 1.82) is 0 Å². The Labute approximate surface area is 235 Å². The minimum Gasteiger partial charge on any atom is -0.238 e. The van der Waals surface area contributed by atoms with Crippen molar-refractivity contribution in [3.8, 4) is 33.9 Å². The van der Waals surface area contributed by atoms with Crippen molar-refractivity contribution < 1.29 is 26.0 Å². The number of benzene rings is 3. The quantitative estimate of drug-likeness (QED) is 0.197. The molecule has 0 atom stereocenters. The number of nitrogens with two attached hydrogens (primary N) is 1. The number of nitrogens with zero attached hydrogens (tertiary/aromatic N) is 4. The van der Waals surface area contributed by atoms with Gasteiger partial charge >= 0.3 is 0 Å². The van der Waals surface area contributed by atoms with E-state index in [1.807, 2.05) is 0 Å². The van der Waals surface area contributed by atoms with Crippen LogP contribution in [-0.2, 0) is 10.0 Å². The lowest BCUT2D eigenvalue weighted by atomic mass is 10.1. The van der Waals surface area contributed by atoms with E-state index < -0.39 is 34.0 Å². The van der Waals surface area contributed by atoms with Crippen molar-refractivity contribution in [2.24, 2.45) is 5.14 Å². The molecule has 0 fully saturated rings. The van der Waals surface area contributed by atoms with Gasteiger partial charge < -0.3 is 0 Å². The van der Waals surface area contributed by atoms with Crippen molar-refractivity contribution in [3.05, 3.63) is 100 Å². The fraction of sp³-hybridized carbons (Fsp3) is 0.0769. The summed E-state index contributed by atoms with van der Waals surface area (Å²) in [5.74, 6) is 0. The Morgan fingerprint density at radius 1 is 0.675 bits per heavy atom. The van der Waals surface area contributed by atoms with E-state index in [1.165, 1.54) is 54.6 Å². The van der Waals surface area contributed by atoms with Crippen molar-refractivity contribution in [1.82, 2.24) is 19.6 Å². The second-order valence-electron chi connectivity index (χ2n) is 8.57. The van der Waals surface area contributed by atoms with Gasteiger partial charge in [-0.05, 0) is 42.5 Å². The molecule has 0 unspecified atom stereocenters. The maximum atomic E-state index is 14.1. The van der Waals surface area contributed by atoms with E-state index in [4.69, 9.17) is 28.3 Å². The third kappa shape index (κ3) is 5.48. The van der Waals surface area contributed by atoms with E-state index in [9.17, 15) is 26.0 Å². The summed E-state index contributed by atoms with van der Waals surface area (Å²) in [7, 11) is -4.24. The Hall–Kier alpha value is -3.71. The minimum absolute atomic E-state index is 0.0521. The maximum absolute atomic E-state index is 14.1. The van der Waals surface area contributed by atoms with Gasteiger partial charge in [0.25, 0.3) is 12.9 Å². The van der Waals surface area contributed by atoms with Gasteiger partial charge in [0, 0.05) is 33.6 Å². The van der Waals surface area contributed by atoms with E-state index in [1.54, 1.807) is 0 Å². The number of sulfonamides is 1. The predicted molar refractivity (Wildman–Crippen MR) is 143 cm³/mol. The van der Waals surface area contributed by atoms with Crippen molar-refractivity contribution in [2.45, 2.75) is 17.7 Å². The van der Waals surface area contributed by atoms with Crippen LogP contribution in [-0.4, -0.2) is 28.0 Å². The molecule has 0 radical (unpaired) electrons. The van der Waals surface area contributed by atoms with Crippen molar-refractivity contribution in [2.75, 3.05) is 0 Å². The second kappa shape index (κ2) is 10.7. The number of alkyl halides is 4. The molecular weight excluding hydrogens is 593 g/mol. The van der Waals surface area contributed by atoms with E-state index >= 15 is 0 Å². The molecule has 0 saturated heterocycles. The third-order valence-electron chi connectivity index (χ3n) is 5.96. The van der Waals surface area contributed by atoms with Gasteiger partial charge in [-0.15, -0.1) is 0 Å². The molecule has 5 rings (SSSR count). The molecule has 2 N–H and O–H groups in total. The van der Waals surface area contributed by atoms with E-state index in [2.05, 4.69) is 10.2 Å². The normalized spacial score (nSPS) is 12.0. The van der Waals surface area contributed by atoms with Crippen LogP contribution in [0.4, 0.5) is 17.6 Å². The largest absolute Gasteiger partial charge is 0.267 e. The molecule has 2 aromatic heterocycles. The standard InChI is InChI=1S/C26H17Cl2F4N5O2S/c27-16-5-1-14(2-6-16)23-19(25(29)30)12-36(34-23)21-10-9-18(40(33,38)39)11-22(21)37-13-20(26(31)32)24(35-37)15-3-7-17(28)8-4-15/h1-13,25-26H,(H2,33,38,39). The summed E-state index contributed by atoms with van der Waals surface area (Å²) in [5, 5.41) is 14.7. The number of rotatable bonds is 7. The highest BCUT2D eigenvalue weighted by atomic mass is 35.5. The van der Waals surface area contributed by atoms with Crippen molar-refractivity contribution >= 4 is 33.2 Å². The van der Waals surface area contributed by atoms with E-state index in [0.29, 0.717) is 21.2 Å². The molecule has 5 aromatic rings. The van der Waals surface area contributed by atoms with Gasteiger partial charge in [-0.3, -0.25) is 0 Å². The summed E-state index contributed by atoms with van der Waals surface area (Å²) in [6.45, 7) is 0. The Balaban J connectivity index is 1.74. The molecule has 0 spiro atoms. The first-order valence-corrected chi connectivity index (χ1v) is 13.7. The molecule has 0 amide bonds. The Kier molecular flexibility index (Phi) is 7.44. The first kappa shape index (κ1) is 27.8. The molecule has 0 bridgehead atoms. The van der Waals surface area contributed by atoms with Gasteiger partial charge in [0.15, 0.2) is 0 Å². The van der Waals surface area contributed by atoms with E-state index in [0.717, 1.165) is 33.9 Å². The first-order chi connectivity index (χ1) is 18.9. The zero-order valence-corrected chi connectivity index (χ0v) is 22.3. The third-order valence-corrected chi connectivity index (χ3v) is 7.37. The number of hydrogen-bond acceptors (Lipinski definition) is 4. The molecule has 0 aliphatic carbocycles. The van der Waals surface area contributed by atoms with Gasteiger partial charge in [0.1, 0.15) is 11.4 Å². The second-order valence-corrected chi connectivity index (χ2v) is 11.0. The lowest BCUT2D eigenvalue weighted by molar-refractivity contribution is 0.151. The molecular formula is C26H17Cl2F4N5O2S. The summed E-state index contributed by atoms with van der Waals surface area (Å²) in [5.41, 5.74) is -0.320. The van der Waals surface area contributed by atoms with Gasteiger partial charge in [-0.2, -0.15) is 10.2 Å². The molecule has 206 valence electrons. The number of aromatic nitrogens is 4. The molecule has 0 aliphatic rings. The first-order valence-electron chi connectivity index (χ1n) is 11.4. The van der Waals surface area contributed by atoms with Crippen molar-refractivity contribution in [3.63, 3.8) is 0 Å². The average Bonchev–Trinajstić information content (AvgIpc) is 3.55. The number of halogens is 6. The summed E-state index contributed by atoms with van der Waals surface area (Å²) < 4.78 is 82.6. The molecule has 0 aliphatic heterocycles. The Morgan fingerprint density at radius 2 is 1.10 bits per heavy atom. The number of primary sulfonamides is 1. The lowest BCUT2D eigenvalue weighted by Crippen LogP contribution is -2.14. The topological polar surface area (TPSA) is 95.8 Å². The number of hydrogen-bond donors (Lipinski definition) is 1. The highest BCUT2D eigenvalue weighted by molar-refractivity contribution is 7.89. The van der Waals surface area contributed by atoms with Crippen LogP contribution in [0.5, 0.6) is 0 Å². The van der Waals surface area contributed by atoms with Crippen LogP contribution in [0.3, 0.4) is 0 Å². The van der Waals surface area contributed by atoms with Crippen LogP contribution in [0, 0.1) is 0 Å². The van der Waals surface area contributed by atoms with E-state index in [-0.39, 0.29) is 27.7 Å². The summed E-state index contributed by atoms with van der Waals surface area (Å²) in [4.78, 5) is -0.354. The fourth-order valence-corrected chi connectivity index (χ4v) is 4.85. The highest BCUT2D eigenvalue weighted by Gasteiger charge is 2.25. The smallest absolute Gasteiger partial charge is 0.238 e. The van der Waals surface area contributed by atoms with Gasteiger partial charge in [0.2, 0.25) is 10.0 Å². The Bertz CT molecular complexity index is 1810. The van der Waals surface area contributed by atoms with Gasteiger partial charge in [-0.1, -0.05) is 47.5 Å². The zero-order valence-electron chi connectivity index (χ0n) is 20.0. The molecule has 0 saturated carbocycles. The average molecular weight is 610 g/mol. The predicted octanol–water partition coefficient (Wildman–Crippen LogP) is 7.22. The fourth-order valence-electron chi connectivity index (χ4n) is 4.06. The maximum Gasteiger partial charge on any atom is 0.267 e. The SMILES string of the molecule is NS(=O)(=O)c1ccc(-n2cc(C(F)F)c(-c3ccc(Cl)cc3)n2)c(-n2cc(C(F)F)c(-c3ccc(Cl)cc3)n2)c1. The van der Waals surface area contributed by atoms with Crippen LogP contribution in [0.15, 0.2) is 84.0 Å². The Morgan fingerprint density at radius 3 is 1.50 bits per heavy atom. The summed E-state index contributed by atoms with van der Waals surface area (Å²) in [6, 6.07) is 15.6. The highest BCUT2D eigenvalue weighted by Crippen LogP contribution is 2.35. The van der Waals surface area contributed by atoms with Crippen LogP contribution in [0.1, 0.15) is 24.0 Å². The van der Waals surface area contributed by atoms with Crippen LogP contribution >= 0.6 is 23.2 Å². The van der Waals surface area contributed by atoms with Crippen LogP contribution < -0.4 is 5.14 Å². The summed E-state index contributed by atoms with van der Waals surface area (Å²) in [6.07, 6.45) is -3.77. The molecule has 7 nitrogen and oxygen atoms in total. The molecule has 14 heteroatoms. The monoisotopic (exact) mass is 609 g/mol. The molecule has 40 heavy (non-hydrogen) atoms.